The van der Waals surface area contributed by atoms with Crippen molar-refractivity contribution in [2.75, 3.05) is 14.1 Å². The molecule has 0 fully saturated rings. The molecule has 0 heterocycles. The fourth-order valence-corrected chi connectivity index (χ4v) is 2.33. The van der Waals surface area contributed by atoms with Crippen molar-refractivity contribution in [3.8, 4) is 0 Å². The second kappa shape index (κ2) is 7.63. The normalized spacial score (nSPS) is 15.1. The molecule has 0 saturated heterocycles. The van der Waals surface area contributed by atoms with Gasteiger partial charge in [-0.05, 0) is 18.1 Å². The quantitative estimate of drug-likeness (QED) is 0.330. The Labute approximate surface area is 139 Å². The monoisotopic (exact) mass is 345 g/mol. The minimum atomic E-state index is -4.81. The summed E-state index contributed by atoms with van der Waals surface area (Å²) in [4.78, 5) is 15.8. The zero-order valence-corrected chi connectivity index (χ0v) is 14.4. The fraction of sp³-hybridized carbons (Fsp3) is 0.562. The Bertz CT molecular complexity index is 627. The predicted octanol–water partition coefficient (Wildman–Crippen LogP) is 4.89. The Morgan fingerprint density at radius 3 is 2.33 bits per heavy atom. The molecule has 1 aromatic carbocycles. The second-order valence-electron chi connectivity index (χ2n) is 5.99. The molecule has 2 atom stereocenters. The van der Waals surface area contributed by atoms with Crippen molar-refractivity contribution in [1.82, 2.24) is 4.90 Å². The molecule has 0 spiro atoms. The van der Waals surface area contributed by atoms with Gasteiger partial charge in [-0.2, -0.15) is 13.2 Å². The van der Waals surface area contributed by atoms with Gasteiger partial charge < -0.3 is 4.90 Å². The molecular formula is C16H22F3N3O2. The first-order valence-corrected chi connectivity index (χ1v) is 7.60. The number of alkyl halides is 3. The zero-order chi connectivity index (χ0) is 18.7. The van der Waals surface area contributed by atoms with Crippen LogP contribution >= 0.6 is 0 Å². The molecule has 0 aromatic heterocycles. The smallest absolute Gasteiger partial charge is 0.366 e. The Balaban J connectivity index is 3.42. The van der Waals surface area contributed by atoms with Crippen LogP contribution in [0.2, 0.25) is 0 Å². The molecule has 0 bridgehead atoms. The van der Waals surface area contributed by atoms with Gasteiger partial charge in [0.15, 0.2) is 0 Å². The van der Waals surface area contributed by atoms with E-state index in [1.54, 1.807) is 19.0 Å². The van der Waals surface area contributed by atoms with Crippen molar-refractivity contribution in [2.24, 2.45) is 16.8 Å². The number of amidine groups is 1. The van der Waals surface area contributed by atoms with E-state index < -0.39 is 22.4 Å². The van der Waals surface area contributed by atoms with Crippen molar-refractivity contribution in [1.29, 1.82) is 0 Å². The number of aliphatic imine (C=N–C) groups is 1. The van der Waals surface area contributed by atoms with Gasteiger partial charge in [-0.1, -0.05) is 27.2 Å². The van der Waals surface area contributed by atoms with Gasteiger partial charge in [-0.15, -0.1) is 0 Å². The van der Waals surface area contributed by atoms with Crippen molar-refractivity contribution in [3.05, 3.63) is 33.9 Å². The van der Waals surface area contributed by atoms with E-state index in [0.717, 1.165) is 18.6 Å². The first-order chi connectivity index (χ1) is 11.0. The number of hydrogen-bond donors (Lipinski definition) is 0. The van der Waals surface area contributed by atoms with Gasteiger partial charge in [0, 0.05) is 26.1 Å². The number of nitro benzene ring substituents is 1. The van der Waals surface area contributed by atoms with Crippen LogP contribution in [0.5, 0.6) is 0 Å². The van der Waals surface area contributed by atoms with Gasteiger partial charge in [-0.25, -0.2) is 4.99 Å². The summed E-state index contributed by atoms with van der Waals surface area (Å²) in [5, 5.41) is 10.8. The van der Waals surface area contributed by atoms with Crippen LogP contribution in [0.3, 0.4) is 0 Å². The molecular weight excluding hydrogens is 323 g/mol. The third-order valence-corrected chi connectivity index (χ3v) is 4.09. The molecule has 0 aliphatic carbocycles. The van der Waals surface area contributed by atoms with Crippen molar-refractivity contribution >= 4 is 17.2 Å². The Kier molecular flexibility index (Phi) is 6.34. The molecule has 0 aliphatic heterocycles. The molecule has 8 heteroatoms. The van der Waals surface area contributed by atoms with Crippen LogP contribution in [0.25, 0.3) is 0 Å². The maximum Gasteiger partial charge on any atom is 0.423 e. The molecule has 0 N–H and O–H groups in total. The SMILES string of the molecule is CCC(C)C(C)C(=Nc1ccc([N+](=O)[O-])c(C(F)(F)F)c1)N(C)C. The molecule has 5 nitrogen and oxygen atoms in total. The summed E-state index contributed by atoms with van der Waals surface area (Å²) in [6.45, 7) is 6.03. The average Bonchev–Trinajstić information content (AvgIpc) is 2.49. The van der Waals surface area contributed by atoms with E-state index in [9.17, 15) is 23.3 Å². The van der Waals surface area contributed by atoms with E-state index in [1.165, 1.54) is 6.07 Å². The third-order valence-electron chi connectivity index (χ3n) is 4.09. The molecule has 2 unspecified atom stereocenters. The first-order valence-electron chi connectivity index (χ1n) is 7.60. The van der Waals surface area contributed by atoms with E-state index in [1.807, 2.05) is 20.8 Å². The number of halogens is 3. The van der Waals surface area contributed by atoms with Crippen LogP contribution in [0.15, 0.2) is 23.2 Å². The molecule has 0 radical (unpaired) electrons. The van der Waals surface area contributed by atoms with Gasteiger partial charge in [0.1, 0.15) is 11.4 Å². The van der Waals surface area contributed by atoms with Crippen LogP contribution in [-0.4, -0.2) is 29.8 Å². The van der Waals surface area contributed by atoms with E-state index in [0.29, 0.717) is 11.8 Å². The van der Waals surface area contributed by atoms with E-state index in [-0.39, 0.29) is 11.6 Å². The average molecular weight is 345 g/mol. The van der Waals surface area contributed by atoms with Gasteiger partial charge >= 0.3 is 6.18 Å². The fourth-order valence-electron chi connectivity index (χ4n) is 2.33. The Morgan fingerprint density at radius 1 is 1.33 bits per heavy atom. The zero-order valence-electron chi connectivity index (χ0n) is 14.4. The summed E-state index contributed by atoms with van der Waals surface area (Å²) in [5.41, 5.74) is -2.21. The number of rotatable bonds is 5. The largest absolute Gasteiger partial charge is 0.423 e. The molecule has 134 valence electrons. The van der Waals surface area contributed by atoms with Crippen LogP contribution < -0.4 is 0 Å². The number of nitrogens with zero attached hydrogens (tertiary/aromatic N) is 3. The summed E-state index contributed by atoms with van der Waals surface area (Å²) in [6, 6.07) is 2.81. The molecule has 0 aliphatic rings. The minimum Gasteiger partial charge on any atom is -0.366 e. The third kappa shape index (κ3) is 4.69. The van der Waals surface area contributed by atoms with E-state index in [2.05, 4.69) is 4.99 Å². The van der Waals surface area contributed by atoms with Crippen LogP contribution in [-0.2, 0) is 6.18 Å². The van der Waals surface area contributed by atoms with Gasteiger partial charge in [0.2, 0.25) is 0 Å². The lowest BCUT2D eigenvalue weighted by Gasteiger charge is -2.26. The van der Waals surface area contributed by atoms with Crippen LogP contribution in [0, 0.1) is 22.0 Å². The second-order valence-corrected chi connectivity index (χ2v) is 5.99. The highest BCUT2D eigenvalue weighted by Gasteiger charge is 2.38. The lowest BCUT2D eigenvalue weighted by atomic mass is 9.92. The lowest BCUT2D eigenvalue weighted by molar-refractivity contribution is -0.388. The predicted molar refractivity (Wildman–Crippen MR) is 87.5 cm³/mol. The van der Waals surface area contributed by atoms with Gasteiger partial charge in [0.25, 0.3) is 5.69 Å². The van der Waals surface area contributed by atoms with Crippen LogP contribution in [0.1, 0.15) is 32.8 Å². The highest BCUT2D eigenvalue weighted by Crippen LogP contribution is 2.38. The molecule has 1 rings (SSSR count). The summed E-state index contributed by atoms with van der Waals surface area (Å²) in [6.07, 6.45) is -3.91. The van der Waals surface area contributed by atoms with Gasteiger partial charge in [0.05, 0.1) is 10.6 Å². The van der Waals surface area contributed by atoms with Crippen molar-refractivity contribution < 1.29 is 18.1 Å². The van der Waals surface area contributed by atoms with Crippen molar-refractivity contribution in [2.45, 2.75) is 33.4 Å². The minimum absolute atomic E-state index is 0.0366. The number of benzene rings is 1. The van der Waals surface area contributed by atoms with E-state index >= 15 is 0 Å². The Morgan fingerprint density at radius 2 is 1.92 bits per heavy atom. The molecule has 0 amide bonds. The van der Waals surface area contributed by atoms with Crippen LogP contribution in [0.4, 0.5) is 24.5 Å². The summed E-state index contributed by atoms with van der Waals surface area (Å²) >= 11 is 0. The highest BCUT2D eigenvalue weighted by atomic mass is 19.4. The molecule has 24 heavy (non-hydrogen) atoms. The maximum atomic E-state index is 13.1. The topological polar surface area (TPSA) is 58.7 Å². The summed E-state index contributed by atoms with van der Waals surface area (Å²) < 4.78 is 39.2. The van der Waals surface area contributed by atoms with Gasteiger partial charge in [-0.3, -0.25) is 10.1 Å². The molecule has 1 aromatic rings. The number of hydrogen-bond acceptors (Lipinski definition) is 3. The lowest BCUT2D eigenvalue weighted by Crippen LogP contribution is -2.31. The van der Waals surface area contributed by atoms with E-state index in [4.69, 9.17) is 0 Å². The standard InChI is InChI=1S/C16H22F3N3O2/c1-6-10(2)11(3)15(21(4)5)20-12-7-8-14(22(23)24)13(9-12)16(17,18)19/h7-11H,6H2,1-5H3. The first kappa shape index (κ1) is 19.9. The van der Waals surface area contributed by atoms with Crippen molar-refractivity contribution in [3.63, 3.8) is 0 Å². The highest BCUT2D eigenvalue weighted by molar-refractivity contribution is 5.86. The maximum absolute atomic E-state index is 13.1. The molecule has 0 saturated carbocycles. The summed E-state index contributed by atoms with van der Waals surface area (Å²) in [5.74, 6) is 0.965. The summed E-state index contributed by atoms with van der Waals surface area (Å²) in [7, 11) is 3.54. The number of nitro groups is 1. The Hall–Kier alpha value is -2.12.